The molecule has 0 spiro atoms. The van der Waals surface area contributed by atoms with Crippen LogP contribution in [0.25, 0.3) is 0 Å². The van der Waals surface area contributed by atoms with E-state index in [2.05, 4.69) is 26.3 Å². The molecule has 104 valence electrons. The van der Waals surface area contributed by atoms with Gasteiger partial charge in [-0.1, -0.05) is 13.8 Å². The number of alkyl halides is 3. The van der Waals surface area contributed by atoms with E-state index in [4.69, 9.17) is 0 Å². The van der Waals surface area contributed by atoms with Gasteiger partial charge in [-0.2, -0.15) is 18.3 Å². The summed E-state index contributed by atoms with van der Waals surface area (Å²) in [6.45, 7) is 3.86. The second-order valence-electron chi connectivity index (χ2n) is 4.04. The highest BCUT2D eigenvalue weighted by Gasteiger charge is 2.40. The first-order valence-corrected chi connectivity index (χ1v) is 6.60. The smallest absolute Gasteiger partial charge is 0.306 e. The molecular formula is C11H17BrF3N3. The van der Waals surface area contributed by atoms with Crippen LogP contribution in [0.1, 0.15) is 25.2 Å². The molecule has 1 N–H and O–H groups in total. The Balaban J connectivity index is 2.97. The van der Waals surface area contributed by atoms with Crippen molar-refractivity contribution in [1.29, 1.82) is 0 Å². The SMILES string of the molecule is CCNC(Cc1c(Br)c(CC)nn1C)C(F)(F)F. The Morgan fingerprint density at radius 1 is 1.39 bits per heavy atom. The third-order valence-corrected chi connectivity index (χ3v) is 3.66. The van der Waals surface area contributed by atoms with Gasteiger partial charge < -0.3 is 5.32 Å². The standard InChI is InChI=1S/C11H17BrF3N3/c1-4-7-10(12)8(18(3)17-7)6-9(16-5-2)11(13,14)15/h9,16H,4-6H2,1-3H3. The molecule has 1 unspecified atom stereocenters. The molecule has 1 aromatic heterocycles. The van der Waals surface area contributed by atoms with Crippen LogP contribution in [0.5, 0.6) is 0 Å². The van der Waals surface area contributed by atoms with Gasteiger partial charge in [0.1, 0.15) is 6.04 Å². The van der Waals surface area contributed by atoms with Crippen LogP contribution in [-0.4, -0.2) is 28.5 Å². The normalized spacial score (nSPS) is 13.9. The van der Waals surface area contributed by atoms with Crippen molar-refractivity contribution in [3.8, 4) is 0 Å². The molecular weight excluding hydrogens is 311 g/mol. The lowest BCUT2D eigenvalue weighted by molar-refractivity contribution is -0.155. The van der Waals surface area contributed by atoms with Crippen LogP contribution in [0.2, 0.25) is 0 Å². The summed E-state index contributed by atoms with van der Waals surface area (Å²) in [5.74, 6) is 0. The molecule has 1 heterocycles. The number of aryl methyl sites for hydroxylation is 2. The van der Waals surface area contributed by atoms with Crippen molar-refractivity contribution in [1.82, 2.24) is 15.1 Å². The summed E-state index contributed by atoms with van der Waals surface area (Å²) in [6, 6.07) is -1.54. The molecule has 18 heavy (non-hydrogen) atoms. The highest BCUT2D eigenvalue weighted by Crippen LogP contribution is 2.28. The fraction of sp³-hybridized carbons (Fsp3) is 0.727. The van der Waals surface area contributed by atoms with E-state index in [9.17, 15) is 13.2 Å². The quantitative estimate of drug-likeness (QED) is 0.901. The van der Waals surface area contributed by atoms with E-state index >= 15 is 0 Å². The van der Waals surface area contributed by atoms with Crippen LogP contribution in [0, 0.1) is 0 Å². The van der Waals surface area contributed by atoms with Crippen molar-refractivity contribution in [2.75, 3.05) is 6.54 Å². The number of rotatable bonds is 5. The monoisotopic (exact) mass is 327 g/mol. The zero-order valence-electron chi connectivity index (χ0n) is 10.6. The first-order valence-electron chi connectivity index (χ1n) is 5.81. The third-order valence-electron chi connectivity index (χ3n) is 2.75. The molecule has 1 aromatic rings. The number of nitrogens with one attached hydrogen (secondary N) is 1. The topological polar surface area (TPSA) is 29.9 Å². The van der Waals surface area contributed by atoms with Crippen LogP contribution in [-0.2, 0) is 19.9 Å². The van der Waals surface area contributed by atoms with Gasteiger partial charge in [-0.3, -0.25) is 4.68 Å². The summed E-state index contributed by atoms with van der Waals surface area (Å²) in [6.07, 6.45) is -3.69. The van der Waals surface area contributed by atoms with E-state index in [1.165, 1.54) is 4.68 Å². The highest BCUT2D eigenvalue weighted by atomic mass is 79.9. The Hall–Kier alpha value is -0.560. The maximum Gasteiger partial charge on any atom is 0.404 e. The second-order valence-corrected chi connectivity index (χ2v) is 4.83. The molecule has 0 bridgehead atoms. The Bertz CT molecular complexity index is 401. The Labute approximate surface area is 113 Å². The van der Waals surface area contributed by atoms with Gasteiger partial charge in [-0.15, -0.1) is 0 Å². The van der Waals surface area contributed by atoms with Crippen LogP contribution in [0.3, 0.4) is 0 Å². The number of hydrogen-bond donors (Lipinski definition) is 1. The van der Waals surface area contributed by atoms with Gasteiger partial charge in [0, 0.05) is 13.5 Å². The number of nitrogens with zero attached hydrogens (tertiary/aromatic N) is 2. The summed E-state index contributed by atoms with van der Waals surface area (Å²) < 4.78 is 40.7. The molecule has 0 saturated carbocycles. The minimum atomic E-state index is -4.26. The molecule has 0 aliphatic carbocycles. The van der Waals surface area contributed by atoms with Crippen LogP contribution in [0.4, 0.5) is 13.2 Å². The van der Waals surface area contributed by atoms with Crippen molar-refractivity contribution in [3.05, 3.63) is 15.9 Å². The molecule has 3 nitrogen and oxygen atoms in total. The van der Waals surface area contributed by atoms with Crippen LogP contribution in [0.15, 0.2) is 4.47 Å². The van der Waals surface area contributed by atoms with E-state index in [-0.39, 0.29) is 13.0 Å². The lowest BCUT2D eigenvalue weighted by atomic mass is 10.1. The Morgan fingerprint density at radius 3 is 2.39 bits per heavy atom. The zero-order chi connectivity index (χ0) is 13.9. The molecule has 0 amide bonds. The largest absolute Gasteiger partial charge is 0.404 e. The van der Waals surface area contributed by atoms with Gasteiger partial charge in [0.15, 0.2) is 0 Å². The fourth-order valence-corrected chi connectivity index (χ4v) is 2.56. The second kappa shape index (κ2) is 6.06. The Morgan fingerprint density at radius 2 is 2.00 bits per heavy atom. The fourth-order valence-electron chi connectivity index (χ4n) is 1.78. The molecule has 0 saturated heterocycles. The number of likely N-dealkylation sites (N-methyl/N-ethyl adjacent to an activating group) is 1. The van der Waals surface area contributed by atoms with Crippen molar-refractivity contribution in [2.45, 2.75) is 38.9 Å². The van der Waals surface area contributed by atoms with E-state index < -0.39 is 12.2 Å². The molecule has 1 rings (SSSR count). The average Bonchev–Trinajstić information content (AvgIpc) is 2.54. The van der Waals surface area contributed by atoms with Crippen LogP contribution >= 0.6 is 15.9 Å². The van der Waals surface area contributed by atoms with E-state index in [0.29, 0.717) is 16.6 Å². The van der Waals surface area contributed by atoms with Gasteiger partial charge in [0.05, 0.1) is 15.9 Å². The number of halogens is 4. The summed E-state index contributed by atoms with van der Waals surface area (Å²) in [5, 5.41) is 6.66. The van der Waals surface area contributed by atoms with Crippen molar-refractivity contribution >= 4 is 15.9 Å². The van der Waals surface area contributed by atoms with E-state index in [1.807, 2.05) is 6.92 Å². The number of aromatic nitrogens is 2. The highest BCUT2D eigenvalue weighted by molar-refractivity contribution is 9.10. The molecule has 1 atom stereocenters. The molecule has 0 aliphatic heterocycles. The first-order chi connectivity index (χ1) is 8.31. The molecule has 0 aromatic carbocycles. The maximum atomic E-state index is 12.8. The Kier molecular flexibility index (Phi) is 5.21. The number of hydrogen-bond acceptors (Lipinski definition) is 2. The van der Waals surface area contributed by atoms with Gasteiger partial charge in [0.25, 0.3) is 0 Å². The molecule has 0 fully saturated rings. The van der Waals surface area contributed by atoms with E-state index in [0.717, 1.165) is 5.69 Å². The predicted molar refractivity (Wildman–Crippen MR) is 67.5 cm³/mol. The molecule has 7 heteroatoms. The van der Waals surface area contributed by atoms with E-state index in [1.54, 1.807) is 14.0 Å². The van der Waals surface area contributed by atoms with Crippen molar-refractivity contribution in [2.24, 2.45) is 7.05 Å². The first kappa shape index (κ1) is 15.5. The van der Waals surface area contributed by atoms with Gasteiger partial charge in [-0.05, 0) is 28.9 Å². The predicted octanol–water partition coefficient (Wildman–Crippen LogP) is 2.83. The van der Waals surface area contributed by atoms with Gasteiger partial charge in [-0.25, -0.2) is 0 Å². The maximum absolute atomic E-state index is 12.8. The van der Waals surface area contributed by atoms with Crippen molar-refractivity contribution < 1.29 is 13.2 Å². The van der Waals surface area contributed by atoms with Crippen molar-refractivity contribution in [3.63, 3.8) is 0 Å². The summed E-state index contributed by atoms with van der Waals surface area (Å²) in [5.41, 5.74) is 1.35. The van der Waals surface area contributed by atoms with Crippen LogP contribution < -0.4 is 5.32 Å². The molecule has 0 radical (unpaired) electrons. The van der Waals surface area contributed by atoms with Gasteiger partial charge >= 0.3 is 6.18 Å². The summed E-state index contributed by atoms with van der Waals surface area (Å²) >= 11 is 3.33. The summed E-state index contributed by atoms with van der Waals surface area (Å²) in [4.78, 5) is 0. The molecule has 0 aliphatic rings. The lowest BCUT2D eigenvalue weighted by Crippen LogP contribution is -2.44. The average molecular weight is 328 g/mol. The summed E-state index contributed by atoms with van der Waals surface area (Å²) in [7, 11) is 1.67. The lowest BCUT2D eigenvalue weighted by Gasteiger charge is -2.21. The van der Waals surface area contributed by atoms with Gasteiger partial charge in [0.2, 0.25) is 0 Å². The third kappa shape index (κ3) is 3.47. The minimum Gasteiger partial charge on any atom is -0.306 e. The zero-order valence-corrected chi connectivity index (χ0v) is 12.2. The minimum absolute atomic E-state index is 0.124.